The molecule has 3 fully saturated rings. The third-order valence-corrected chi connectivity index (χ3v) is 8.07. The number of hydrogen-bond acceptors (Lipinski definition) is 7. The Morgan fingerprint density at radius 1 is 1.15 bits per heavy atom. The second-order valence-corrected chi connectivity index (χ2v) is 10.5. The van der Waals surface area contributed by atoms with E-state index in [1.165, 1.54) is 11.8 Å². The zero-order chi connectivity index (χ0) is 23.1. The summed E-state index contributed by atoms with van der Waals surface area (Å²) >= 11 is 6.80. The molecular formula is C24H28N4O3S2. The second kappa shape index (κ2) is 9.21. The normalized spacial score (nSPS) is 23.5. The molecule has 1 unspecified atom stereocenters. The monoisotopic (exact) mass is 484 g/mol. The fourth-order valence-corrected chi connectivity index (χ4v) is 6.04. The van der Waals surface area contributed by atoms with E-state index in [9.17, 15) is 9.59 Å². The summed E-state index contributed by atoms with van der Waals surface area (Å²) in [4.78, 5) is 33.5. The van der Waals surface area contributed by atoms with Crippen molar-refractivity contribution in [3.8, 4) is 0 Å². The minimum Gasteiger partial charge on any atom is -0.376 e. The van der Waals surface area contributed by atoms with E-state index in [-0.39, 0.29) is 17.6 Å². The van der Waals surface area contributed by atoms with Gasteiger partial charge in [-0.25, -0.2) is 0 Å². The number of likely N-dealkylation sites (N-methyl/N-ethyl adjacent to an activating group) is 1. The number of aromatic nitrogens is 1. The Kier molecular flexibility index (Phi) is 6.30. The molecule has 9 heteroatoms. The highest BCUT2D eigenvalue weighted by Crippen LogP contribution is 2.36. The Hall–Kier alpha value is -2.20. The van der Waals surface area contributed by atoms with Crippen molar-refractivity contribution >= 4 is 56.9 Å². The summed E-state index contributed by atoms with van der Waals surface area (Å²) in [5.74, 6) is -0.139. The number of ether oxygens (including phenoxy) is 1. The van der Waals surface area contributed by atoms with Gasteiger partial charge in [-0.2, -0.15) is 0 Å². The number of fused-ring (bicyclic) bond motifs is 1. The summed E-state index contributed by atoms with van der Waals surface area (Å²) in [5, 5.41) is 1.02. The number of amides is 1. The van der Waals surface area contributed by atoms with E-state index in [0.717, 1.165) is 62.2 Å². The molecule has 0 bridgehead atoms. The van der Waals surface area contributed by atoms with Crippen LogP contribution in [0.3, 0.4) is 0 Å². The molecule has 0 saturated carbocycles. The Morgan fingerprint density at radius 2 is 1.91 bits per heavy atom. The number of thioether (sulfide) groups is 1. The molecule has 1 aromatic heterocycles. The van der Waals surface area contributed by atoms with Crippen LogP contribution >= 0.6 is 24.0 Å². The highest BCUT2D eigenvalue weighted by Gasteiger charge is 2.35. The lowest BCUT2D eigenvalue weighted by Gasteiger charge is -2.35. The number of carbonyl (C=O) groups excluding carboxylic acids is 1. The van der Waals surface area contributed by atoms with E-state index in [4.69, 9.17) is 17.0 Å². The lowest BCUT2D eigenvalue weighted by Crippen LogP contribution is -2.45. The first-order chi connectivity index (χ1) is 15.9. The number of thiocarbonyl (C=S) groups is 1. The van der Waals surface area contributed by atoms with Crippen molar-refractivity contribution in [2.75, 3.05) is 51.3 Å². The third-order valence-electron chi connectivity index (χ3n) is 6.69. The summed E-state index contributed by atoms with van der Waals surface area (Å²) in [7, 11) is 3.90. The molecule has 0 N–H and O–H groups in total. The van der Waals surface area contributed by atoms with Crippen molar-refractivity contribution in [3.05, 3.63) is 45.1 Å². The zero-order valence-corrected chi connectivity index (χ0v) is 20.6. The number of carbonyl (C=O) groups is 1. The molecule has 174 valence electrons. The molecule has 3 saturated heterocycles. The summed E-state index contributed by atoms with van der Waals surface area (Å²) in [6, 6.07) is 7.98. The predicted octanol–water partition coefficient (Wildman–Crippen LogP) is 2.67. The number of para-hydroxylation sites is 1. The molecule has 1 aromatic carbocycles. The number of nitrogens with zero attached hydrogens (tertiary/aromatic N) is 4. The summed E-state index contributed by atoms with van der Waals surface area (Å²) in [6.45, 7) is 4.71. The Labute approximate surface area is 203 Å². The minimum absolute atomic E-state index is 0.0290. The Bertz CT molecular complexity index is 1190. The topological polar surface area (TPSA) is 58.0 Å². The number of hydrogen-bond donors (Lipinski definition) is 0. The largest absolute Gasteiger partial charge is 0.376 e. The molecule has 0 aliphatic carbocycles. The molecule has 0 spiro atoms. The molecule has 7 nitrogen and oxygen atoms in total. The molecule has 4 heterocycles. The number of aryl methyl sites for hydroxylation is 1. The van der Waals surface area contributed by atoms with Gasteiger partial charge in [-0.15, -0.1) is 0 Å². The molecule has 33 heavy (non-hydrogen) atoms. The van der Waals surface area contributed by atoms with Crippen molar-refractivity contribution < 1.29 is 9.53 Å². The first kappa shape index (κ1) is 22.6. The van der Waals surface area contributed by atoms with E-state index < -0.39 is 0 Å². The quantitative estimate of drug-likeness (QED) is 0.489. The number of benzene rings is 1. The van der Waals surface area contributed by atoms with Crippen LogP contribution in [0.5, 0.6) is 0 Å². The average Bonchev–Trinajstić information content (AvgIpc) is 3.42. The first-order valence-corrected chi connectivity index (χ1v) is 12.6. The van der Waals surface area contributed by atoms with Crippen molar-refractivity contribution in [1.29, 1.82) is 0 Å². The van der Waals surface area contributed by atoms with Gasteiger partial charge in [0.1, 0.15) is 4.32 Å². The van der Waals surface area contributed by atoms with Gasteiger partial charge in [0.05, 0.1) is 34.3 Å². The Morgan fingerprint density at radius 3 is 2.64 bits per heavy atom. The van der Waals surface area contributed by atoms with Crippen LogP contribution in [0.4, 0.5) is 5.69 Å². The molecule has 1 amide bonds. The van der Waals surface area contributed by atoms with Crippen molar-refractivity contribution in [2.45, 2.75) is 18.9 Å². The molecule has 0 radical (unpaired) electrons. The maximum absolute atomic E-state index is 13.5. The highest BCUT2D eigenvalue weighted by molar-refractivity contribution is 8.26. The molecule has 3 aliphatic rings. The van der Waals surface area contributed by atoms with Gasteiger partial charge in [-0.3, -0.25) is 14.5 Å². The fourth-order valence-electron chi connectivity index (χ4n) is 4.78. The lowest BCUT2D eigenvalue weighted by molar-refractivity contribution is -0.123. The number of anilines is 1. The van der Waals surface area contributed by atoms with Gasteiger partial charge < -0.3 is 19.1 Å². The lowest BCUT2D eigenvalue weighted by atomic mass is 10.1. The van der Waals surface area contributed by atoms with E-state index in [0.29, 0.717) is 21.3 Å². The van der Waals surface area contributed by atoms with Crippen LogP contribution in [-0.2, 0) is 16.6 Å². The van der Waals surface area contributed by atoms with Gasteiger partial charge in [0, 0.05) is 45.2 Å². The minimum atomic E-state index is -0.139. The molecule has 3 aliphatic heterocycles. The predicted molar refractivity (Wildman–Crippen MR) is 138 cm³/mol. The van der Waals surface area contributed by atoms with Crippen molar-refractivity contribution in [3.63, 3.8) is 0 Å². The smallest absolute Gasteiger partial charge is 0.266 e. The average molecular weight is 485 g/mol. The fraction of sp³-hybridized carbons (Fsp3) is 0.458. The first-order valence-electron chi connectivity index (χ1n) is 11.4. The number of pyridine rings is 1. The van der Waals surface area contributed by atoms with Gasteiger partial charge in [0.25, 0.3) is 11.5 Å². The maximum atomic E-state index is 13.5. The molecular weight excluding hydrogens is 456 g/mol. The van der Waals surface area contributed by atoms with E-state index >= 15 is 0 Å². The van der Waals surface area contributed by atoms with Gasteiger partial charge in [-0.05, 0) is 32.0 Å². The highest BCUT2D eigenvalue weighted by atomic mass is 32.2. The summed E-state index contributed by atoms with van der Waals surface area (Å²) < 4.78 is 7.91. The van der Waals surface area contributed by atoms with Crippen LogP contribution in [0.1, 0.15) is 18.4 Å². The standard InChI is InChI=1S/C24H28N4O3S2/c1-25-9-11-27(12-10-25)21-17-7-3-4-8-19(17)26(2)22(29)18(21)14-20-23(30)28(24(32)33-20)15-16-6-5-13-31-16/h3-4,7-8,14,16H,5-6,9-13,15H2,1-2H3. The molecule has 5 rings (SSSR count). The zero-order valence-electron chi connectivity index (χ0n) is 19.0. The van der Waals surface area contributed by atoms with Gasteiger partial charge in [-0.1, -0.05) is 42.2 Å². The maximum Gasteiger partial charge on any atom is 0.266 e. The summed E-state index contributed by atoms with van der Waals surface area (Å²) in [5.41, 5.74) is 2.25. The van der Waals surface area contributed by atoms with Crippen molar-refractivity contribution in [2.24, 2.45) is 7.05 Å². The van der Waals surface area contributed by atoms with Crippen molar-refractivity contribution in [1.82, 2.24) is 14.4 Å². The van der Waals surface area contributed by atoms with Crippen LogP contribution in [0, 0.1) is 0 Å². The van der Waals surface area contributed by atoms with E-state index in [1.807, 2.05) is 18.2 Å². The van der Waals surface area contributed by atoms with Crippen LogP contribution in [-0.4, -0.2) is 77.1 Å². The molecule has 1 atom stereocenters. The molecule has 2 aromatic rings. The van der Waals surface area contributed by atoms with Gasteiger partial charge in [0.15, 0.2) is 0 Å². The SMILES string of the molecule is CN1CCN(c2c(C=C3SC(=S)N(CC4CCCO4)C3=O)c(=O)n(C)c3ccccc23)CC1. The van der Waals surface area contributed by atoms with E-state index in [2.05, 4.69) is 22.9 Å². The van der Waals surface area contributed by atoms with E-state index in [1.54, 1.807) is 22.6 Å². The van der Waals surface area contributed by atoms with Gasteiger partial charge >= 0.3 is 0 Å². The van der Waals surface area contributed by atoms with Crippen LogP contribution in [0.15, 0.2) is 34.0 Å². The Balaban J connectivity index is 1.59. The number of rotatable bonds is 4. The van der Waals surface area contributed by atoms with Crippen LogP contribution in [0.2, 0.25) is 0 Å². The van der Waals surface area contributed by atoms with Crippen LogP contribution in [0.25, 0.3) is 17.0 Å². The summed E-state index contributed by atoms with van der Waals surface area (Å²) in [6.07, 6.45) is 3.74. The van der Waals surface area contributed by atoms with Crippen LogP contribution < -0.4 is 10.5 Å². The third kappa shape index (κ3) is 4.23. The number of piperazine rings is 1. The van der Waals surface area contributed by atoms with Gasteiger partial charge in [0.2, 0.25) is 0 Å². The second-order valence-electron chi connectivity index (χ2n) is 8.86.